The SMILES string of the molecule is COc1ccc([C@H]2C[C@@H](c3ccccc3)n3nc(N)nc3N2)cc1. The van der Waals surface area contributed by atoms with Crippen LogP contribution in [0.2, 0.25) is 0 Å². The van der Waals surface area contributed by atoms with E-state index in [0.29, 0.717) is 5.95 Å². The van der Waals surface area contributed by atoms with Gasteiger partial charge in [-0.2, -0.15) is 4.98 Å². The Morgan fingerprint density at radius 2 is 1.83 bits per heavy atom. The van der Waals surface area contributed by atoms with E-state index in [4.69, 9.17) is 10.5 Å². The molecule has 4 rings (SSSR count). The maximum atomic E-state index is 5.82. The predicted octanol–water partition coefficient (Wildman–Crippen LogP) is 3.02. The molecule has 0 unspecified atom stereocenters. The third-order valence-electron chi connectivity index (χ3n) is 4.41. The minimum absolute atomic E-state index is 0.0966. The van der Waals surface area contributed by atoms with Crippen LogP contribution in [0, 0.1) is 0 Å². The Morgan fingerprint density at radius 1 is 1.08 bits per heavy atom. The quantitative estimate of drug-likeness (QED) is 0.775. The van der Waals surface area contributed by atoms with E-state index >= 15 is 0 Å². The number of ether oxygens (including phenoxy) is 1. The lowest BCUT2D eigenvalue weighted by Gasteiger charge is -2.31. The van der Waals surface area contributed by atoms with Gasteiger partial charge < -0.3 is 15.8 Å². The lowest BCUT2D eigenvalue weighted by atomic mass is 9.93. The number of anilines is 2. The highest BCUT2D eigenvalue weighted by molar-refractivity contribution is 5.42. The largest absolute Gasteiger partial charge is 0.497 e. The molecule has 0 amide bonds. The van der Waals surface area contributed by atoms with Crippen LogP contribution in [-0.4, -0.2) is 21.9 Å². The molecule has 6 nitrogen and oxygen atoms in total. The Kier molecular flexibility index (Phi) is 3.57. The van der Waals surface area contributed by atoms with Crippen LogP contribution in [0.15, 0.2) is 54.6 Å². The molecule has 0 spiro atoms. The fourth-order valence-electron chi connectivity index (χ4n) is 3.20. The molecule has 6 heteroatoms. The summed E-state index contributed by atoms with van der Waals surface area (Å²) in [5.41, 5.74) is 8.20. The molecular formula is C18H19N5O. The molecule has 2 heterocycles. The summed E-state index contributed by atoms with van der Waals surface area (Å²) in [6.45, 7) is 0. The van der Waals surface area contributed by atoms with Crippen molar-refractivity contribution in [3.8, 4) is 5.75 Å². The Hall–Kier alpha value is -3.02. The van der Waals surface area contributed by atoms with Gasteiger partial charge in [0.1, 0.15) is 5.75 Å². The van der Waals surface area contributed by atoms with Crippen molar-refractivity contribution >= 4 is 11.9 Å². The Balaban J connectivity index is 1.71. The number of benzene rings is 2. The topological polar surface area (TPSA) is 78.0 Å². The van der Waals surface area contributed by atoms with Crippen LogP contribution in [0.1, 0.15) is 29.6 Å². The molecule has 1 aromatic heterocycles. The molecule has 0 saturated carbocycles. The smallest absolute Gasteiger partial charge is 0.241 e. The third kappa shape index (κ3) is 2.56. The highest BCUT2D eigenvalue weighted by Gasteiger charge is 2.30. The number of hydrogen-bond acceptors (Lipinski definition) is 5. The van der Waals surface area contributed by atoms with Gasteiger partial charge >= 0.3 is 0 Å². The summed E-state index contributed by atoms with van der Waals surface area (Å²) in [5.74, 6) is 1.84. The van der Waals surface area contributed by atoms with Crippen LogP contribution in [0.5, 0.6) is 5.75 Å². The van der Waals surface area contributed by atoms with E-state index in [-0.39, 0.29) is 18.0 Å². The number of methoxy groups -OCH3 is 1. The summed E-state index contributed by atoms with van der Waals surface area (Å²) in [5, 5.41) is 7.81. The molecule has 0 radical (unpaired) electrons. The third-order valence-corrected chi connectivity index (χ3v) is 4.41. The fraction of sp³-hybridized carbons (Fsp3) is 0.222. The molecule has 122 valence electrons. The summed E-state index contributed by atoms with van der Waals surface area (Å²) in [7, 11) is 1.67. The number of nitrogens with zero attached hydrogens (tertiary/aromatic N) is 3. The number of hydrogen-bond donors (Lipinski definition) is 2. The molecule has 3 aromatic rings. The molecule has 0 aliphatic carbocycles. The number of fused-ring (bicyclic) bond motifs is 1. The molecular weight excluding hydrogens is 302 g/mol. The molecule has 0 bridgehead atoms. The van der Waals surface area contributed by atoms with Crippen molar-refractivity contribution in [3.63, 3.8) is 0 Å². The number of aromatic nitrogens is 3. The molecule has 1 aliphatic heterocycles. The second-order valence-corrected chi connectivity index (χ2v) is 5.87. The van der Waals surface area contributed by atoms with Crippen molar-refractivity contribution in [1.82, 2.24) is 14.8 Å². The molecule has 0 saturated heterocycles. The monoisotopic (exact) mass is 321 g/mol. The van der Waals surface area contributed by atoms with E-state index in [9.17, 15) is 0 Å². The van der Waals surface area contributed by atoms with E-state index in [1.165, 1.54) is 11.1 Å². The number of nitrogens with two attached hydrogens (primary N) is 1. The standard InChI is InChI=1S/C18H19N5O/c1-24-14-9-7-12(8-10-14)15-11-16(13-5-3-2-4-6-13)23-18(20-15)21-17(19)22-23/h2-10,15-16H,11H2,1H3,(H3,19,20,21,22)/t15-,16+/m1/s1. The van der Waals surface area contributed by atoms with Gasteiger partial charge in [0.2, 0.25) is 11.9 Å². The van der Waals surface area contributed by atoms with Gasteiger partial charge in [-0.1, -0.05) is 42.5 Å². The second kappa shape index (κ2) is 5.88. The molecule has 24 heavy (non-hydrogen) atoms. The molecule has 2 atom stereocenters. The molecule has 1 aliphatic rings. The highest BCUT2D eigenvalue weighted by atomic mass is 16.5. The van der Waals surface area contributed by atoms with Crippen molar-refractivity contribution in [1.29, 1.82) is 0 Å². The van der Waals surface area contributed by atoms with Crippen LogP contribution in [0.4, 0.5) is 11.9 Å². The van der Waals surface area contributed by atoms with Crippen LogP contribution in [0.25, 0.3) is 0 Å². The van der Waals surface area contributed by atoms with Gasteiger partial charge in [-0.15, -0.1) is 5.10 Å². The van der Waals surface area contributed by atoms with E-state index in [0.717, 1.165) is 12.2 Å². The maximum absolute atomic E-state index is 5.82. The first-order valence-corrected chi connectivity index (χ1v) is 7.92. The van der Waals surface area contributed by atoms with Gasteiger partial charge in [-0.25, -0.2) is 4.68 Å². The number of rotatable bonds is 3. The van der Waals surface area contributed by atoms with Gasteiger partial charge in [0, 0.05) is 0 Å². The Bertz CT molecular complexity index is 828. The number of nitrogen functional groups attached to an aromatic ring is 1. The second-order valence-electron chi connectivity index (χ2n) is 5.87. The van der Waals surface area contributed by atoms with Crippen LogP contribution >= 0.6 is 0 Å². The summed E-state index contributed by atoms with van der Waals surface area (Å²) in [4.78, 5) is 4.33. The number of nitrogens with one attached hydrogen (secondary N) is 1. The first-order valence-electron chi connectivity index (χ1n) is 7.92. The predicted molar refractivity (Wildman–Crippen MR) is 93.0 cm³/mol. The van der Waals surface area contributed by atoms with E-state index in [2.05, 4.69) is 39.7 Å². The first kappa shape index (κ1) is 14.6. The Morgan fingerprint density at radius 3 is 2.54 bits per heavy atom. The molecule has 3 N–H and O–H groups in total. The average molecular weight is 321 g/mol. The van der Waals surface area contributed by atoms with Gasteiger partial charge in [0.05, 0.1) is 19.2 Å². The minimum atomic E-state index is 0.0966. The zero-order valence-electron chi connectivity index (χ0n) is 13.4. The van der Waals surface area contributed by atoms with Crippen molar-refractivity contribution in [3.05, 3.63) is 65.7 Å². The lowest BCUT2D eigenvalue weighted by Crippen LogP contribution is -2.28. The zero-order valence-corrected chi connectivity index (χ0v) is 13.4. The highest BCUT2D eigenvalue weighted by Crippen LogP contribution is 2.38. The average Bonchev–Trinajstić information content (AvgIpc) is 3.02. The molecule has 2 aromatic carbocycles. The van der Waals surface area contributed by atoms with Crippen LogP contribution < -0.4 is 15.8 Å². The summed E-state index contributed by atoms with van der Waals surface area (Å²) in [6, 6.07) is 18.7. The summed E-state index contributed by atoms with van der Waals surface area (Å²) in [6.07, 6.45) is 0.867. The van der Waals surface area contributed by atoms with Crippen LogP contribution in [0.3, 0.4) is 0 Å². The van der Waals surface area contributed by atoms with Crippen molar-refractivity contribution in [2.24, 2.45) is 0 Å². The zero-order chi connectivity index (χ0) is 16.5. The fourth-order valence-corrected chi connectivity index (χ4v) is 3.20. The minimum Gasteiger partial charge on any atom is -0.497 e. The van der Waals surface area contributed by atoms with Gasteiger partial charge in [0.15, 0.2) is 0 Å². The van der Waals surface area contributed by atoms with E-state index < -0.39 is 0 Å². The maximum Gasteiger partial charge on any atom is 0.241 e. The summed E-state index contributed by atoms with van der Waals surface area (Å²) >= 11 is 0. The van der Waals surface area contributed by atoms with E-state index in [1.807, 2.05) is 35.0 Å². The van der Waals surface area contributed by atoms with Crippen LogP contribution in [-0.2, 0) is 0 Å². The first-order chi connectivity index (χ1) is 11.7. The van der Waals surface area contributed by atoms with Gasteiger partial charge in [-0.05, 0) is 29.7 Å². The van der Waals surface area contributed by atoms with Crippen molar-refractivity contribution < 1.29 is 4.74 Å². The van der Waals surface area contributed by atoms with Crippen molar-refractivity contribution in [2.45, 2.75) is 18.5 Å². The molecule has 0 fully saturated rings. The lowest BCUT2D eigenvalue weighted by molar-refractivity contribution is 0.413. The summed E-state index contributed by atoms with van der Waals surface area (Å²) < 4.78 is 7.12. The van der Waals surface area contributed by atoms with Crippen molar-refractivity contribution in [2.75, 3.05) is 18.2 Å². The van der Waals surface area contributed by atoms with Gasteiger partial charge in [-0.3, -0.25) is 0 Å². The van der Waals surface area contributed by atoms with E-state index in [1.54, 1.807) is 7.11 Å². The normalized spacial score (nSPS) is 19.4. The van der Waals surface area contributed by atoms with Gasteiger partial charge in [0.25, 0.3) is 0 Å². The Labute approximate surface area is 140 Å².